The highest BCUT2D eigenvalue weighted by atomic mass is 16.3. The number of anilines is 3. The summed E-state index contributed by atoms with van der Waals surface area (Å²) in [6, 6.07) is 87.3. The van der Waals surface area contributed by atoms with E-state index in [1.54, 1.807) is 0 Å². The third kappa shape index (κ3) is 6.46. The maximum absolute atomic E-state index is 6.35. The summed E-state index contributed by atoms with van der Waals surface area (Å²) in [7, 11) is 0. The zero-order valence-corrected chi connectivity index (χ0v) is 34.4. The van der Waals surface area contributed by atoms with Crippen molar-refractivity contribution in [2.45, 2.75) is 0 Å². The van der Waals surface area contributed by atoms with Crippen LogP contribution < -0.4 is 4.90 Å². The summed E-state index contributed by atoms with van der Waals surface area (Å²) in [5, 5.41) is 4.61. The number of hydrogen-bond donors (Lipinski definition) is 0. The summed E-state index contributed by atoms with van der Waals surface area (Å²) in [4.78, 5) is 2.43. The summed E-state index contributed by atoms with van der Waals surface area (Å²) in [6.07, 6.45) is 0. The van der Waals surface area contributed by atoms with Crippen LogP contribution in [0.15, 0.2) is 247 Å². The predicted molar refractivity (Wildman–Crippen MR) is 264 cm³/mol. The fourth-order valence-electron chi connectivity index (χ4n) is 9.32. The van der Waals surface area contributed by atoms with Gasteiger partial charge in [-0.1, -0.05) is 170 Å². The van der Waals surface area contributed by atoms with Crippen LogP contribution in [0.25, 0.3) is 93.9 Å². The predicted octanol–water partition coefficient (Wildman–Crippen LogP) is 16.8. The molecule has 0 atom stereocenters. The first-order chi connectivity index (χ1) is 31.2. The highest BCUT2D eigenvalue weighted by Gasteiger charge is 2.23. The first kappa shape index (κ1) is 36.5. The number of aromatic nitrogens is 1. The van der Waals surface area contributed by atoms with Gasteiger partial charge in [-0.2, -0.15) is 0 Å². The van der Waals surface area contributed by atoms with Crippen LogP contribution >= 0.6 is 0 Å². The average Bonchev–Trinajstić information content (AvgIpc) is 3.90. The number of fused-ring (bicyclic) bond motifs is 6. The summed E-state index contributed by atoms with van der Waals surface area (Å²) in [6.45, 7) is 0. The lowest BCUT2D eigenvalue weighted by Crippen LogP contribution is -2.11. The molecular weight excluding hydrogens is 765 g/mol. The Morgan fingerprint density at radius 3 is 1.37 bits per heavy atom. The van der Waals surface area contributed by atoms with Gasteiger partial charge in [0.25, 0.3) is 0 Å². The van der Waals surface area contributed by atoms with Crippen molar-refractivity contribution in [2.24, 2.45) is 0 Å². The molecule has 10 aromatic carbocycles. The van der Waals surface area contributed by atoms with Crippen LogP contribution in [0.4, 0.5) is 17.1 Å². The van der Waals surface area contributed by atoms with E-state index in [1.165, 1.54) is 44.1 Å². The van der Waals surface area contributed by atoms with Crippen LogP contribution in [-0.2, 0) is 0 Å². The molecule has 2 heterocycles. The highest BCUT2D eigenvalue weighted by molar-refractivity contribution is 6.14. The number of nitrogens with zero attached hydrogens (tertiary/aromatic N) is 2. The maximum atomic E-state index is 6.35. The second-order valence-electron chi connectivity index (χ2n) is 16.1. The van der Waals surface area contributed by atoms with Crippen molar-refractivity contribution in [3.05, 3.63) is 243 Å². The molecule has 0 saturated heterocycles. The van der Waals surface area contributed by atoms with Gasteiger partial charge in [-0.05, 0) is 112 Å². The molecule has 2 aromatic heterocycles. The molecule has 3 heteroatoms. The van der Waals surface area contributed by atoms with Crippen LogP contribution in [-0.4, -0.2) is 4.57 Å². The molecule has 0 aliphatic heterocycles. The maximum Gasteiger partial charge on any atom is 0.135 e. The van der Waals surface area contributed by atoms with Gasteiger partial charge in [0.05, 0.1) is 16.7 Å². The monoisotopic (exact) mass is 804 g/mol. The summed E-state index contributed by atoms with van der Waals surface area (Å²) < 4.78 is 8.76. The number of rotatable bonds is 8. The summed E-state index contributed by atoms with van der Waals surface area (Å²) >= 11 is 0. The molecule has 0 radical (unpaired) electrons. The molecule has 0 unspecified atom stereocenters. The molecule has 0 fully saturated rings. The zero-order valence-electron chi connectivity index (χ0n) is 34.4. The van der Waals surface area contributed by atoms with Crippen molar-refractivity contribution in [3.8, 4) is 50.2 Å². The van der Waals surface area contributed by atoms with Crippen molar-refractivity contribution >= 4 is 60.8 Å². The van der Waals surface area contributed by atoms with Gasteiger partial charge in [0.15, 0.2) is 0 Å². The van der Waals surface area contributed by atoms with Crippen LogP contribution in [0.2, 0.25) is 0 Å². The number of hydrogen-bond acceptors (Lipinski definition) is 2. The quantitative estimate of drug-likeness (QED) is 0.153. The summed E-state index contributed by atoms with van der Waals surface area (Å²) in [5.74, 6) is 0. The van der Waals surface area contributed by atoms with Crippen LogP contribution in [0.5, 0.6) is 0 Å². The number of para-hydroxylation sites is 3. The van der Waals surface area contributed by atoms with Gasteiger partial charge >= 0.3 is 0 Å². The summed E-state index contributed by atoms with van der Waals surface area (Å²) in [5.41, 5.74) is 17.7. The second-order valence-corrected chi connectivity index (χ2v) is 16.1. The van der Waals surface area contributed by atoms with E-state index in [0.717, 1.165) is 66.9 Å². The Labute approximate surface area is 366 Å². The standard InChI is InChI=1S/C60H40N2O/c1-4-14-41(15-5-1)43-24-26-44(27-25-43)46-30-35-50(36-31-46)61(49-33-28-45(29-34-49)42-16-6-2-7-17-42)57-40-58-54(51-20-10-12-22-56(51)62(58)48-18-8-3-9-19-48)39-53(57)47-32-37-60-55(38-47)52-21-11-13-23-59(52)63-60/h1-40H. The Kier molecular flexibility index (Phi) is 8.83. The van der Waals surface area contributed by atoms with Crippen LogP contribution in [0.3, 0.4) is 0 Å². The Morgan fingerprint density at radius 1 is 0.302 bits per heavy atom. The van der Waals surface area contributed by atoms with E-state index >= 15 is 0 Å². The molecule has 0 aliphatic carbocycles. The molecule has 0 aliphatic rings. The molecular formula is C60H40N2O. The van der Waals surface area contributed by atoms with E-state index < -0.39 is 0 Å². The molecule has 0 bridgehead atoms. The van der Waals surface area contributed by atoms with Gasteiger partial charge in [0, 0.05) is 44.2 Å². The molecule has 0 N–H and O–H groups in total. The highest BCUT2D eigenvalue weighted by Crippen LogP contribution is 2.47. The van der Waals surface area contributed by atoms with Crippen molar-refractivity contribution in [1.82, 2.24) is 4.57 Å². The minimum atomic E-state index is 0.879. The molecule has 3 nitrogen and oxygen atoms in total. The minimum absolute atomic E-state index is 0.879. The lowest BCUT2D eigenvalue weighted by molar-refractivity contribution is 0.669. The van der Waals surface area contributed by atoms with Gasteiger partial charge < -0.3 is 13.9 Å². The molecule has 296 valence electrons. The Bertz CT molecular complexity index is 3570. The molecule has 12 rings (SSSR count). The van der Waals surface area contributed by atoms with Crippen molar-refractivity contribution in [3.63, 3.8) is 0 Å². The average molecular weight is 805 g/mol. The first-order valence-electron chi connectivity index (χ1n) is 21.5. The SMILES string of the molecule is c1ccc(-c2ccc(-c3ccc(N(c4ccc(-c5ccccc5)cc4)c4cc5c(cc4-c4ccc6oc7ccccc7c6c4)c4ccccc4n5-c4ccccc4)cc3)cc2)cc1. The van der Waals surface area contributed by atoms with E-state index in [2.05, 4.69) is 240 Å². The van der Waals surface area contributed by atoms with E-state index in [-0.39, 0.29) is 0 Å². The van der Waals surface area contributed by atoms with Gasteiger partial charge in [0.1, 0.15) is 11.2 Å². The number of benzene rings is 10. The van der Waals surface area contributed by atoms with Gasteiger partial charge in [-0.25, -0.2) is 0 Å². The Hall–Kier alpha value is -8.40. The second kappa shape index (κ2) is 15.3. The van der Waals surface area contributed by atoms with E-state index in [9.17, 15) is 0 Å². The largest absolute Gasteiger partial charge is 0.456 e. The zero-order chi connectivity index (χ0) is 41.7. The van der Waals surface area contributed by atoms with Crippen molar-refractivity contribution < 1.29 is 4.42 Å². The molecule has 0 spiro atoms. The van der Waals surface area contributed by atoms with Crippen molar-refractivity contribution in [2.75, 3.05) is 4.90 Å². The number of furan rings is 1. The smallest absolute Gasteiger partial charge is 0.135 e. The minimum Gasteiger partial charge on any atom is -0.456 e. The topological polar surface area (TPSA) is 21.3 Å². The third-order valence-corrected chi connectivity index (χ3v) is 12.4. The normalized spacial score (nSPS) is 11.5. The van der Waals surface area contributed by atoms with E-state index in [0.29, 0.717) is 0 Å². The lowest BCUT2D eigenvalue weighted by atomic mass is 9.96. The Morgan fingerprint density at radius 2 is 0.762 bits per heavy atom. The first-order valence-corrected chi connectivity index (χ1v) is 21.5. The van der Waals surface area contributed by atoms with Crippen LogP contribution in [0, 0.1) is 0 Å². The van der Waals surface area contributed by atoms with Gasteiger partial charge in [0.2, 0.25) is 0 Å². The fourth-order valence-corrected chi connectivity index (χ4v) is 9.32. The molecule has 0 saturated carbocycles. The molecule has 63 heavy (non-hydrogen) atoms. The van der Waals surface area contributed by atoms with Gasteiger partial charge in [-0.3, -0.25) is 0 Å². The fraction of sp³-hybridized carbons (Fsp3) is 0. The third-order valence-electron chi connectivity index (χ3n) is 12.4. The molecule has 0 amide bonds. The van der Waals surface area contributed by atoms with Crippen molar-refractivity contribution in [1.29, 1.82) is 0 Å². The van der Waals surface area contributed by atoms with Crippen LogP contribution in [0.1, 0.15) is 0 Å². The Balaban J connectivity index is 1.09. The lowest BCUT2D eigenvalue weighted by Gasteiger charge is -2.29. The van der Waals surface area contributed by atoms with E-state index in [4.69, 9.17) is 4.42 Å². The van der Waals surface area contributed by atoms with Gasteiger partial charge in [-0.15, -0.1) is 0 Å². The van der Waals surface area contributed by atoms with E-state index in [1.807, 2.05) is 12.1 Å². The molecule has 12 aromatic rings.